The molecule has 0 unspecified atom stereocenters. The summed E-state index contributed by atoms with van der Waals surface area (Å²) in [5, 5.41) is 9.86. The molecular weight excluding hydrogens is 160 g/mol. The van der Waals surface area contributed by atoms with Crippen molar-refractivity contribution >= 4 is 0 Å². The molecule has 0 radical (unpaired) electrons. The van der Waals surface area contributed by atoms with E-state index in [9.17, 15) is 5.11 Å². The maximum Gasteiger partial charge on any atom is 0.0619 e. The van der Waals surface area contributed by atoms with E-state index in [1.807, 2.05) is 13.8 Å². The second-order valence-corrected chi connectivity index (χ2v) is 4.85. The van der Waals surface area contributed by atoms with E-state index in [0.717, 1.165) is 18.8 Å². The Labute approximate surface area is 83.5 Å². The second kappa shape index (κ2) is 5.64. The fraction of sp³-hybridized carbons (Fsp3) is 1.00. The Morgan fingerprint density at radius 3 is 1.92 bits per heavy atom. The fourth-order valence-electron chi connectivity index (χ4n) is 1.75. The summed E-state index contributed by atoms with van der Waals surface area (Å²) in [6, 6.07) is 0. The Morgan fingerprint density at radius 1 is 1.08 bits per heavy atom. The third-order valence-corrected chi connectivity index (χ3v) is 3.20. The van der Waals surface area contributed by atoms with Crippen LogP contribution in [0.3, 0.4) is 0 Å². The van der Waals surface area contributed by atoms with Gasteiger partial charge in [-0.3, -0.25) is 0 Å². The van der Waals surface area contributed by atoms with Crippen molar-refractivity contribution in [2.24, 2.45) is 11.8 Å². The van der Waals surface area contributed by atoms with Crippen molar-refractivity contribution in [1.29, 1.82) is 0 Å². The Morgan fingerprint density at radius 2 is 1.62 bits per heavy atom. The van der Waals surface area contributed by atoms with Crippen molar-refractivity contribution in [2.45, 2.75) is 65.9 Å². The highest BCUT2D eigenvalue weighted by atomic mass is 16.3. The van der Waals surface area contributed by atoms with Crippen molar-refractivity contribution in [2.75, 3.05) is 0 Å². The van der Waals surface area contributed by atoms with Gasteiger partial charge in [-0.1, -0.05) is 40.0 Å². The van der Waals surface area contributed by atoms with Crippen LogP contribution in [0.5, 0.6) is 0 Å². The van der Waals surface area contributed by atoms with E-state index >= 15 is 0 Å². The molecule has 0 aromatic carbocycles. The molecule has 0 aromatic heterocycles. The van der Waals surface area contributed by atoms with Gasteiger partial charge in [-0.25, -0.2) is 0 Å². The Balaban J connectivity index is 3.86. The van der Waals surface area contributed by atoms with Crippen LogP contribution in [-0.4, -0.2) is 10.7 Å². The number of aliphatic hydroxyl groups is 1. The van der Waals surface area contributed by atoms with Crippen LogP contribution in [0, 0.1) is 11.8 Å². The molecule has 80 valence electrons. The Hall–Kier alpha value is -0.0400. The van der Waals surface area contributed by atoms with E-state index in [-0.39, 0.29) is 0 Å². The van der Waals surface area contributed by atoms with Crippen molar-refractivity contribution in [1.82, 2.24) is 0 Å². The highest BCUT2D eigenvalue weighted by Gasteiger charge is 2.24. The van der Waals surface area contributed by atoms with Gasteiger partial charge in [-0.05, 0) is 32.1 Å². The number of hydrogen-bond donors (Lipinski definition) is 1. The summed E-state index contributed by atoms with van der Waals surface area (Å²) in [6.45, 7) is 10.5. The zero-order valence-corrected chi connectivity index (χ0v) is 9.93. The van der Waals surface area contributed by atoms with Crippen LogP contribution in [0.2, 0.25) is 0 Å². The maximum absolute atomic E-state index is 9.86. The molecule has 0 bridgehead atoms. The topological polar surface area (TPSA) is 20.2 Å². The lowest BCUT2D eigenvalue weighted by Crippen LogP contribution is -2.30. The SMILES string of the molecule is CC[C@@H](C)CC[C@@H](CC)C(C)(C)O. The molecule has 0 amide bonds. The zero-order valence-electron chi connectivity index (χ0n) is 9.93. The minimum atomic E-state index is -0.498. The highest BCUT2D eigenvalue weighted by molar-refractivity contribution is 4.76. The largest absolute Gasteiger partial charge is 0.390 e. The van der Waals surface area contributed by atoms with Gasteiger partial charge in [0.15, 0.2) is 0 Å². The molecule has 13 heavy (non-hydrogen) atoms. The predicted octanol–water partition coefficient (Wildman–Crippen LogP) is 3.61. The normalized spacial score (nSPS) is 17.1. The summed E-state index contributed by atoms with van der Waals surface area (Å²) in [5.74, 6) is 1.26. The van der Waals surface area contributed by atoms with Crippen LogP contribution in [0.15, 0.2) is 0 Å². The van der Waals surface area contributed by atoms with Gasteiger partial charge in [0.25, 0.3) is 0 Å². The molecule has 0 aliphatic rings. The third kappa shape index (κ3) is 5.30. The van der Waals surface area contributed by atoms with Gasteiger partial charge in [0.2, 0.25) is 0 Å². The summed E-state index contributed by atoms with van der Waals surface area (Å²) < 4.78 is 0. The van der Waals surface area contributed by atoms with Crippen LogP contribution in [0.1, 0.15) is 60.3 Å². The molecule has 0 aromatic rings. The van der Waals surface area contributed by atoms with Crippen LogP contribution >= 0.6 is 0 Å². The first-order chi connectivity index (χ1) is 5.91. The summed E-state index contributed by atoms with van der Waals surface area (Å²) in [6.07, 6.45) is 4.75. The minimum absolute atomic E-state index is 0.460. The van der Waals surface area contributed by atoms with Crippen LogP contribution in [-0.2, 0) is 0 Å². The molecule has 1 nitrogen and oxygen atoms in total. The molecule has 2 atom stereocenters. The van der Waals surface area contributed by atoms with E-state index in [1.165, 1.54) is 12.8 Å². The standard InChI is InChI=1S/C12H26O/c1-6-10(3)8-9-11(7-2)12(4,5)13/h10-11,13H,6-9H2,1-5H3/t10-,11-/m1/s1. The maximum atomic E-state index is 9.86. The predicted molar refractivity (Wildman–Crippen MR) is 58.8 cm³/mol. The molecule has 1 N–H and O–H groups in total. The van der Waals surface area contributed by atoms with E-state index in [4.69, 9.17) is 0 Å². The first kappa shape index (κ1) is 13.0. The van der Waals surface area contributed by atoms with Gasteiger partial charge in [0.05, 0.1) is 5.60 Å². The quantitative estimate of drug-likeness (QED) is 0.672. The van der Waals surface area contributed by atoms with Gasteiger partial charge in [0.1, 0.15) is 0 Å². The summed E-state index contributed by atoms with van der Waals surface area (Å²) in [7, 11) is 0. The summed E-state index contributed by atoms with van der Waals surface area (Å²) >= 11 is 0. The van der Waals surface area contributed by atoms with Gasteiger partial charge in [-0.2, -0.15) is 0 Å². The number of hydrogen-bond acceptors (Lipinski definition) is 1. The second-order valence-electron chi connectivity index (χ2n) is 4.85. The van der Waals surface area contributed by atoms with Gasteiger partial charge < -0.3 is 5.11 Å². The van der Waals surface area contributed by atoms with Crippen molar-refractivity contribution in [3.05, 3.63) is 0 Å². The lowest BCUT2D eigenvalue weighted by atomic mass is 9.83. The first-order valence-electron chi connectivity index (χ1n) is 5.64. The van der Waals surface area contributed by atoms with E-state index in [2.05, 4.69) is 20.8 Å². The Kier molecular flexibility index (Phi) is 5.62. The molecule has 0 spiro atoms. The monoisotopic (exact) mass is 186 g/mol. The fourth-order valence-corrected chi connectivity index (χ4v) is 1.75. The molecule has 0 rings (SSSR count). The lowest BCUT2D eigenvalue weighted by molar-refractivity contribution is 0.00908. The molecule has 0 heterocycles. The molecule has 0 saturated carbocycles. The molecular formula is C12H26O. The molecule has 0 aliphatic carbocycles. The lowest BCUT2D eigenvalue weighted by Gasteiger charge is -2.29. The summed E-state index contributed by atoms with van der Waals surface area (Å²) in [5.41, 5.74) is -0.498. The van der Waals surface area contributed by atoms with Crippen LogP contribution in [0.25, 0.3) is 0 Å². The summed E-state index contributed by atoms with van der Waals surface area (Å²) in [4.78, 5) is 0. The zero-order chi connectivity index (χ0) is 10.5. The van der Waals surface area contributed by atoms with E-state index < -0.39 is 5.60 Å². The molecule has 0 fully saturated rings. The van der Waals surface area contributed by atoms with Gasteiger partial charge in [-0.15, -0.1) is 0 Å². The van der Waals surface area contributed by atoms with E-state index in [0.29, 0.717) is 5.92 Å². The molecule has 0 saturated heterocycles. The molecule has 0 aliphatic heterocycles. The average molecular weight is 186 g/mol. The number of rotatable bonds is 6. The van der Waals surface area contributed by atoms with Crippen molar-refractivity contribution in [3.63, 3.8) is 0 Å². The van der Waals surface area contributed by atoms with Gasteiger partial charge >= 0.3 is 0 Å². The van der Waals surface area contributed by atoms with E-state index in [1.54, 1.807) is 0 Å². The van der Waals surface area contributed by atoms with Crippen molar-refractivity contribution in [3.8, 4) is 0 Å². The van der Waals surface area contributed by atoms with Crippen molar-refractivity contribution < 1.29 is 5.11 Å². The minimum Gasteiger partial charge on any atom is -0.390 e. The smallest absolute Gasteiger partial charge is 0.0619 e. The third-order valence-electron chi connectivity index (χ3n) is 3.20. The molecule has 1 heteroatoms. The Bertz CT molecular complexity index is 124. The van der Waals surface area contributed by atoms with Crippen LogP contribution < -0.4 is 0 Å². The highest BCUT2D eigenvalue weighted by Crippen LogP contribution is 2.26. The van der Waals surface area contributed by atoms with Gasteiger partial charge in [0, 0.05) is 0 Å². The average Bonchev–Trinajstić information content (AvgIpc) is 2.02. The van der Waals surface area contributed by atoms with Crippen LogP contribution in [0.4, 0.5) is 0 Å². The first-order valence-corrected chi connectivity index (χ1v) is 5.64.